The second-order valence-corrected chi connectivity index (χ2v) is 5.90. The Hall–Kier alpha value is -1.73. The van der Waals surface area contributed by atoms with Crippen LogP contribution in [0.25, 0.3) is 6.08 Å². The van der Waals surface area contributed by atoms with Gasteiger partial charge in [0.05, 0.1) is 14.2 Å². The van der Waals surface area contributed by atoms with Crippen LogP contribution >= 0.6 is 10.7 Å². The minimum atomic E-state index is -4.05. The van der Waals surface area contributed by atoms with Crippen LogP contribution in [0.1, 0.15) is 5.56 Å². The van der Waals surface area contributed by atoms with Crippen LogP contribution < -0.4 is 9.47 Å². The molecule has 0 aliphatic carbocycles. The summed E-state index contributed by atoms with van der Waals surface area (Å²) in [6, 6.07) is 2.63. The van der Waals surface area contributed by atoms with Crippen LogP contribution in [0, 0.1) is 0 Å². The van der Waals surface area contributed by atoms with Gasteiger partial charge in [0, 0.05) is 16.8 Å². The first kappa shape index (κ1) is 15.3. The summed E-state index contributed by atoms with van der Waals surface area (Å²) in [6.07, 6.45) is 2.09. The lowest BCUT2D eigenvalue weighted by atomic mass is 10.2. The van der Waals surface area contributed by atoms with Gasteiger partial charge in [0.2, 0.25) is 0 Å². The van der Waals surface area contributed by atoms with Gasteiger partial charge in [-0.1, -0.05) is 0 Å². The molecule has 1 N–H and O–H groups in total. The molecule has 0 saturated carbocycles. The first-order chi connectivity index (χ1) is 8.79. The minimum Gasteiger partial charge on any atom is -0.493 e. The molecule has 0 unspecified atom stereocenters. The second kappa shape index (κ2) is 5.94. The number of halogens is 1. The highest BCUT2D eigenvalue weighted by atomic mass is 35.7. The summed E-state index contributed by atoms with van der Waals surface area (Å²) in [7, 11) is 3.85. The summed E-state index contributed by atoms with van der Waals surface area (Å²) in [4.78, 5) is 10.2. The molecule has 0 heterocycles. The predicted octanol–water partition coefficient (Wildman–Crippen LogP) is 1.73. The van der Waals surface area contributed by atoms with E-state index in [1.165, 1.54) is 32.4 Å². The molecule has 8 heteroatoms. The number of aliphatic carboxylic acids is 1. The van der Waals surface area contributed by atoms with Crippen LogP contribution in [-0.2, 0) is 13.8 Å². The standard InChI is InChI=1S/C11H11ClO6S/c1-17-8-5-7(3-4-10(13)14)6-9(11(8)18-2)19(12,15)16/h3-6H,1-2H3,(H,13,14)/b4-3-. The van der Waals surface area contributed by atoms with Crippen LogP contribution in [0.2, 0.25) is 0 Å². The summed E-state index contributed by atoms with van der Waals surface area (Å²) >= 11 is 0. The summed E-state index contributed by atoms with van der Waals surface area (Å²) in [6.45, 7) is 0. The molecule has 0 fully saturated rings. The van der Waals surface area contributed by atoms with Crippen LogP contribution in [0.5, 0.6) is 11.5 Å². The summed E-state index contributed by atoms with van der Waals surface area (Å²) in [5.41, 5.74) is 0.305. The Morgan fingerprint density at radius 3 is 2.37 bits per heavy atom. The van der Waals surface area contributed by atoms with Crippen molar-refractivity contribution in [2.45, 2.75) is 4.90 Å². The van der Waals surface area contributed by atoms with Gasteiger partial charge in [0.15, 0.2) is 11.5 Å². The Bertz CT molecular complexity index is 620. The van der Waals surface area contributed by atoms with Crippen molar-refractivity contribution in [1.29, 1.82) is 0 Å². The highest BCUT2D eigenvalue weighted by Gasteiger charge is 2.21. The van der Waals surface area contributed by atoms with Gasteiger partial charge in [0.1, 0.15) is 4.90 Å². The molecule has 0 aliphatic heterocycles. The van der Waals surface area contributed by atoms with Crippen molar-refractivity contribution in [3.05, 3.63) is 23.8 Å². The maximum atomic E-state index is 11.5. The molecule has 1 aromatic carbocycles. The predicted molar refractivity (Wildman–Crippen MR) is 69.3 cm³/mol. The summed E-state index contributed by atoms with van der Waals surface area (Å²) in [5, 5.41) is 8.54. The van der Waals surface area contributed by atoms with Crippen molar-refractivity contribution in [2.24, 2.45) is 0 Å². The fraction of sp³-hybridized carbons (Fsp3) is 0.182. The van der Waals surface area contributed by atoms with Gasteiger partial charge in [-0.25, -0.2) is 13.2 Å². The normalized spacial score (nSPS) is 11.5. The van der Waals surface area contributed by atoms with E-state index < -0.39 is 15.0 Å². The lowest BCUT2D eigenvalue weighted by Crippen LogP contribution is -2.00. The lowest BCUT2D eigenvalue weighted by molar-refractivity contribution is -0.131. The molecular weight excluding hydrogens is 296 g/mol. The number of rotatable bonds is 5. The van der Waals surface area contributed by atoms with Gasteiger partial charge >= 0.3 is 5.97 Å². The number of hydrogen-bond donors (Lipinski definition) is 1. The Kier molecular flexibility index (Phi) is 4.79. The van der Waals surface area contributed by atoms with E-state index in [4.69, 9.17) is 25.3 Å². The molecule has 0 amide bonds. The summed E-state index contributed by atoms with van der Waals surface area (Å²) < 4.78 is 32.9. The van der Waals surface area contributed by atoms with Crippen LogP contribution in [0.15, 0.2) is 23.1 Å². The molecule has 6 nitrogen and oxygen atoms in total. The maximum Gasteiger partial charge on any atom is 0.328 e. The van der Waals surface area contributed by atoms with Crippen molar-refractivity contribution in [1.82, 2.24) is 0 Å². The van der Waals surface area contributed by atoms with Crippen molar-refractivity contribution >= 4 is 31.8 Å². The molecular formula is C11H11ClO6S. The summed E-state index contributed by atoms with van der Waals surface area (Å²) in [5.74, 6) is -1.07. The minimum absolute atomic E-state index is 0.0371. The molecule has 0 atom stereocenters. The maximum absolute atomic E-state index is 11.5. The number of carboxylic acids is 1. The first-order valence-electron chi connectivity index (χ1n) is 4.91. The molecule has 1 aromatic rings. The van der Waals surface area contributed by atoms with Crippen LogP contribution in [0.3, 0.4) is 0 Å². The molecule has 1 rings (SSSR count). The van der Waals surface area contributed by atoms with E-state index in [0.717, 1.165) is 6.08 Å². The Morgan fingerprint density at radius 1 is 1.32 bits per heavy atom. The molecule has 0 aromatic heterocycles. The Balaban J connectivity index is 3.52. The zero-order chi connectivity index (χ0) is 14.6. The first-order valence-corrected chi connectivity index (χ1v) is 7.22. The highest BCUT2D eigenvalue weighted by Crippen LogP contribution is 2.37. The molecule has 0 aliphatic rings. The SMILES string of the molecule is COc1cc(/C=C\C(=O)O)cc(S(=O)(=O)Cl)c1OC. The van der Waals surface area contributed by atoms with E-state index in [2.05, 4.69) is 0 Å². The van der Waals surface area contributed by atoms with Crippen molar-refractivity contribution in [3.63, 3.8) is 0 Å². The zero-order valence-electron chi connectivity index (χ0n) is 10.1. The fourth-order valence-corrected chi connectivity index (χ4v) is 2.42. The topological polar surface area (TPSA) is 89.9 Å². The largest absolute Gasteiger partial charge is 0.493 e. The van der Waals surface area contributed by atoms with Gasteiger partial charge in [-0.15, -0.1) is 0 Å². The molecule has 0 spiro atoms. The van der Waals surface area contributed by atoms with E-state index in [9.17, 15) is 13.2 Å². The molecule has 0 saturated heterocycles. The van der Waals surface area contributed by atoms with Gasteiger partial charge in [-0.05, 0) is 23.8 Å². The van der Waals surface area contributed by atoms with Crippen LogP contribution in [-0.4, -0.2) is 33.7 Å². The van der Waals surface area contributed by atoms with E-state index in [1.807, 2.05) is 0 Å². The van der Waals surface area contributed by atoms with E-state index in [0.29, 0.717) is 5.56 Å². The van der Waals surface area contributed by atoms with Gasteiger partial charge < -0.3 is 14.6 Å². The van der Waals surface area contributed by atoms with Crippen molar-refractivity contribution < 1.29 is 27.8 Å². The van der Waals surface area contributed by atoms with Gasteiger partial charge in [-0.2, -0.15) is 0 Å². The van der Waals surface area contributed by atoms with Crippen molar-refractivity contribution in [2.75, 3.05) is 14.2 Å². The van der Waals surface area contributed by atoms with E-state index in [-0.39, 0.29) is 16.4 Å². The smallest absolute Gasteiger partial charge is 0.328 e. The Labute approximate surface area is 114 Å². The third kappa shape index (κ3) is 3.87. The quantitative estimate of drug-likeness (QED) is 0.658. The Morgan fingerprint density at radius 2 is 1.95 bits per heavy atom. The van der Waals surface area contributed by atoms with E-state index in [1.54, 1.807) is 0 Å². The molecule has 0 radical (unpaired) electrons. The molecule has 0 bridgehead atoms. The van der Waals surface area contributed by atoms with Gasteiger partial charge in [-0.3, -0.25) is 0 Å². The van der Waals surface area contributed by atoms with Crippen LogP contribution in [0.4, 0.5) is 0 Å². The number of methoxy groups -OCH3 is 2. The average molecular weight is 307 g/mol. The zero-order valence-corrected chi connectivity index (χ0v) is 11.7. The second-order valence-electron chi connectivity index (χ2n) is 3.36. The number of hydrogen-bond acceptors (Lipinski definition) is 5. The lowest BCUT2D eigenvalue weighted by Gasteiger charge is -2.11. The third-order valence-corrected chi connectivity index (χ3v) is 3.48. The number of ether oxygens (including phenoxy) is 2. The average Bonchev–Trinajstić information content (AvgIpc) is 2.33. The number of carboxylic acid groups (broad SMARTS) is 1. The third-order valence-electron chi connectivity index (χ3n) is 2.15. The number of carbonyl (C=O) groups is 1. The molecule has 104 valence electrons. The number of benzene rings is 1. The van der Waals surface area contributed by atoms with Crippen molar-refractivity contribution in [3.8, 4) is 11.5 Å². The van der Waals surface area contributed by atoms with Gasteiger partial charge in [0.25, 0.3) is 9.05 Å². The molecule has 19 heavy (non-hydrogen) atoms. The van der Waals surface area contributed by atoms with E-state index >= 15 is 0 Å². The fourth-order valence-electron chi connectivity index (χ4n) is 1.39. The highest BCUT2D eigenvalue weighted by molar-refractivity contribution is 8.13. The monoisotopic (exact) mass is 306 g/mol.